The summed E-state index contributed by atoms with van der Waals surface area (Å²) in [6.07, 6.45) is 12.9. The number of hydrogen-bond acceptors (Lipinski definition) is 12. The number of furan rings is 2. The van der Waals surface area contributed by atoms with Crippen LogP contribution in [0, 0.1) is 6.33 Å². The largest absolute Gasteiger partial charge is 1.00 e. The van der Waals surface area contributed by atoms with Crippen molar-refractivity contribution in [3.05, 3.63) is 84.7 Å². The molecule has 4 rings (SSSR count). The Morgan fingerprint density at radius 3 is 1.47 bits per heavy atom. The number of carbonyl (C=O) groups excluding carboxylic acids is 4. The summed E-state index contributed by atoms with van der Waals surface area (Å²) in [6, 6.07) is 5.37. The van der Waals surface area contributed by atoms with Gasteiger partial charge in [-0.25, -0.2) is 23.5 Å². The number of aromatic nitrogens is 4. The summed E-state index contributed by atoms with van der Waals surface area (Å²) >= 11 is 0. The van der Waals surface area contributed by atoms with Crippen molar-refractivity contribution < 1.29 is 143 Å². The topological polar surface area (TPSA) is 190 Å². The van der Waals surface area contributed by atoms with Gasteiger partial charge in [-0.15, -0.1) is 0 Å². The number of halogens is 2. The Kier molecular flexibility index (Phi) is 29.8. The van der Waals surface area contributed by atoms with Gasteiger partial charge >= 0.3 is 69.3 Å². The van der Waals surface area contributed by atoms with Crippen LogP contribution in [0.3, 0.4) is 0 Å². The molecule has 4 aromatic heterocycles. The Labute approximate surface area is 339 Å². The Balaban J connectivity index is -0.000000601. The van der Waals surface area contributed by atoms with Gasteiger partial charge < -0.3 is 71.9 Å². The van der Waals surface area contributed by atoms with Crippen LogP contribution in [-0.2, 0) is 47.1 Å². The van der Waals surface area contributed by atoms with Gasteiger partial charge in [-0.1, -0.05) is 0 Å². The molecule has 0 bridgehead atoms. The van der Waals surface area contributed by atoms with E-state index in [0.717, 1.165) is 0 Å². The molecule has 4 heterocycles. The molecule has 16 nitrogen and oxygen atoms in total. The maximum absolute atomic E-state index is 11.3. The van der Waals surface area contributed by atoms with E-state index in [1.807, 2.05) is 77.6 Å². The maximum Gasteiger partial charge on any atom is 1.00 e. The zero-order valence-electron chi connectivity index (χ0n) is 28.5. The molecule has 0 saturated carbocycles. The molecule has 0 spiro atoms. The van der Waals surface area contributed by atoms with Crippen molar-refractivity contribution in [1.82, 2.24) is 9.13 Å². The average molecular weight is 760 g/mol. The van der Waals surface area contributed by atoms with Crippen molar-refractivity contribution in [2.75, 3.05) is 46.8 Å². The quantitative estimate of drug-likeness (QED) is 0.0280. The van der Waals surface area contributed by atoms with Gasteiger partial charge in [0.2, 0.25) is 29.9 Å². The molecule has 49 heavy (non-hydrogen) atoms. The SMILES string of the molecule is COCCOC(=O)c1ccc(C(C)=O)o1.Cn1[c-][n+](C)cc1.Cn1cc[n+](C)c1.O=C(OCCO)c1ccc(C(=O)OCCO)o1.[Cl-].[Cl-].[K+]. The van der Waals surface area contributed by atoms with Gasteiger partial charge in [0.1, 0.15) is 32.2 Å². The van der Waals surface area contributed by atoms with Gasteiger partial charge in [-0.2, -0.15) is 0 Å². The van der Waals surface area contributed by atoms with Gasteiger partial charge in [0.05, 0.1) is 48.0 Å². The molecule has 2 N–H and O–H groups in total. The second-order valence-electron chi connectivity index (χ2n) is 9.10. The molecular formula is C30H41Cl2KN4O12. The molecule has 268 valence electrons. The first kappa shape index (κ1) is 50.5. The molecule has 19 heteroatoms. The number of nitrogens with zero attached hydrogens (tertiary/aromatic N) is 4. The minimum atomic E-state index is -0.778. The number of imidazole rings is 2. The van der Waals surface area contributed by atoms with E-state index in [1.165, 1.54) is 38.3 Å². The summed E-state index contributed by atoms with van der Waals surface area (Å²) in [4.78, 5) is 44.6. The molecule has 4 aromatic rings. The van der Waals surface area contributed by atoms with Gasteiger partial charge in [0, 0.05) is 14.0 Å². The van der Waals surface area contributed by atoms with Crippen molar-refractivity contribution in [2.45, 2.75) is 6.92 Å². The molecule has 0 radical (unpaired) electrons. The van der Waals surface area contributed by atoms with Crippen LogP contribution in [0.4, 0.5) is 0 Å². The zero-order valence-corrected chi connectivity index (χ0v) is 33.1. The van der Waals surface area contributed by atoms with E-state index in [-0.39, 0.29) is 138 Å². The summed E-state index contributed by atoms with van der Waals surface area (Å²) in [5, 5.41) is 16.9. The molecule has 0 saturated heterocycles. The Bertz CT molecular complexity index is 1400. The van der Waals surface area contributed by atoms with Crippen LogP contribution in [0.25, 0.3) is 0 Å². The minimum Gasteiger partial charge on any atom is -1.00 e. The summed E-state index contributed by atoms with van der Waals surface area (Å²) in [5.41, 5.74) is 0. The second kappa shape index (κ2) is 28.9. The zero-order chi connectivity index (χ0) is 34.5. The Hall–Kier alpha value is -2.84. The van der Waals surface area contributed by atoms with E-state index in [9.17, 15) is 19.2 Å². The standard InChI is InChI=1S/C10H12O7.C10H12O5.C5H9N2.C5H8N2.2ClH.K/c11-3-5-15-9(13)7-1-2-8(17-7)10(14)16-6-4-12;1-7(11)8-3-4-9(15-8)10(12)14-6-5-13-2;2*1-6-3-4-7(2)5-6;;;/h1-2,11-12H,3-6H2;3-4H,5-6H2,1-2H3;3-5H,1-2H3;3-4H,1-2H3;2*1H;/q;;+1;;;;+1/p-2. The van der Waals surface area contributed by atoms with E-state index < -0.39 is 17.9 Å². The molecule has 0 aliphatic carbocycles. The van der Waals surface area contributed by atoms with Crippen LogP contribution in [0.1, 0.15) is 49.1 Å². The van der Waals surface area contributed by atoms with Gasteiger partial charge in [-0.05, 0) is 36.7 Å². The molecule has 0 aliphatic heterocycles. The van der Waals surface area contributed by atoms with Gasteiger partial charge in [-0.3, -0.25) is 4.79 Å². The second-order valence-corrected chi connectivity index (χ2v) is 9.10. The molecule has 0 atom stereocenters. The summed E-state index contributed by atoms with van der Waals surface area (Å²) in [7, 11) is 9.40. The van der Waals surface area contributed by atoms with Crippen LogP contribution in [0.15, 0.2) is 64.2 Å². The number of ketones is 1. The number of Topliss-reactive ketones (excluding diaryl/α,β-unsaturated/α-hetero) is 1. The van der Waals surface area contributed by atoms with Crippen molar-refractivity contribution in [3.63, 3.8) is 0 Å². The number of methoxy groups -OCH3 is 1. The van der Waals surface area contributed by atoms with Crippen LogP contribution >= 0.6 is 0 Å². The van der Waals surface area contributed by atoms with Crippen LogP contribution in [-0.4, -0.2) is 89.8 Å². The van der Waals surface area contributed by atoms with Crippen LogP contribution in [0.2, 0.25) is 0 Å². The molecule has 0 unspecified atom stereocenters. The maximum atomic E-state index is 11.3. The van der Waals surface area contributed by atoms with E-state index in [2.05, 4.69) is 15.8 Å². The first-order valence-corrected chi connectivity index (χ1v) is 13.7. The minimum absolute atomic E-state index is 0. The number of carbonyl (C=O) groups is 4. The number of hydrogen-bond donors (Lipinski definition) is 2. The summed E-state index contributed by atoms with van der Waals surface area (Å²) in [6.45, 7) is 0.958. The Morgan fingerprint density at radius 2 is 1.20 bits per heavy atom. The third kappa shape index (κ3) is 21.8. The van der Waals surface area contributed by atoms with Crippen LogP contribution in [0.5, 0.6) is 0 Å². The average Bonchev–Trinajstić information content (AvgIpc) is 3.84. The predicted octanol–water partition coefficient (Wildman–Crippen LogP) is -8.63. The van der Waals surface area contributed by atoms with Crippen molar-refractivity contribution >= 4 is 23.7 Å². The van der Waals surface area contributed by atoms with Crippen molar-refractivity contribution in [1.29, 1.82) is 0 Å². The van der Waals surface area contributed by atoms with E-state index in [4.69, 9.17) is 28.5 Å². The number of aliphatic hydroxyl groups excluding tert-OH is 2. The van der Waals surface area contributed by atoms with E-state index in [1.54, 1.807) is 0 Å². The third-order valence-electron chi connectivity index (χ3n) is 5.06. The monoisotopic (exact) mass is 758 g/mol. The van der Waals surface area contributed by atoms with Gasteiger partial charge in [0.15, 0.2) is 11.5 Å². The van der Waals surface area contributed by atoms with Crippen molar-refractivity contribution in [2.24, 2.45) is 28.2 Å². The first-order chi connectivity index (χ1) is 21.9. The molecule has 0 aliphatic rings. The number of aliphatic hydroxyl groups is 2. The fraction of sp³-hybridized carbons (Fsp3) is 0.400. The van der Waals surface area contributed by atoms with E-state index in [0.29, 0.717) is 6.61 Å². The molecular weight excluding hydrogens is 718 g/mol. The molecule has 0 aromatic carbocycles. The van der Waals surface area contributed by atoms with Gasteiger partial charge in [0.25, 0.3) is 0 Å². The molecule has 0 fully saturated rings. The van der Waals surface area contributed by atoms with Crippen LogP contribution < -0.4 is 85.3 Å². The third-order valence-corrected chi connectivity index (χ3v) is 5.06. The first-order valence-electron chi connectivity index (χ1n) is 13.7. The Morgan fingerprint density at radius 1 is 0.755 bits per heavy atom. The number of esters is 3. The predicted molar refractivity (Wildman–Crippen MR) is 156 cm³/mol. The number of rotatable bonds is 11. The number of ether oxygens (including phenoxy) is 4. The summed E-state index contributed by atoms with van der Waals surface area (Å²) < 4.78 is 36.3. The normalized spacial score (nSPS) is 9.22. The fourth-order valence-electron chi connectivity index (χ4n) is 2.99. The van der Waals surface area contributed by atoms with E-state index >= 15 is 0 Å². The smallest absolute Gasteiger partial charge is 1.00 e. The fourth-order valence-corrected chi connectivity index (χ4v) is 2.99. The molecule has 0 amide bonds. The number of aryl methyl sites for hydroxylation is 4. The summed E-state index contributed by atoms with van der Waals surface area (Å²) in [5.74, 6) is -2.53. The van der Waals surface area contributed by atoms with Crippen molar-refractivity contribution in [3.8, 4) is 0 Å².